The minimum absolute atomic E-state index is 0.0709. The van der Waals surface area contributed by atoms with Crippen LogP contribution in [-0.4, -0.2) is 61.9 Å². The number of halogens is 5. The molecule has 3 aliphatic rings. The highest BCUT2D eigenvalue weighted by molar-refractivity contribution is 5.77. The molecule has 9 nitrogen and oxygen atoms in total. The van der Waals surface area contributed by atoms with Crippen molar-refractivity contribution in [3.05, 3.63) is 29.7 Å². The van der Waals surface area contributed by atoms with Gasteiger partial charge in [0.05, 0.1) is 42.6 Å². The molecule has 0 spiro atoms. The van der Waals surface area contributed by atoms with Crippen molar-refractivity contribution < 1.29 is 36.3 Å². The first kappa shape index (κ1) is 29.3. The second-order valence-electron chi connectivity index (χ2n) is 12.5. The number of carbonyl (C=O) groups excluding carboxylic acids is 2. The molecule has 5 rings (SSSR count). The normalized spacial score (nSPS) is 23.4. The average molecular weight is 587 g/mol. The summed E-state index contributed by atoms with van der Waals surface area (Å²) in [5.41, 5.74) is 0.728. The summed E-state index contributed by atoms with van der Waals surface area (Å²) in [6.45, 7) is 5.10. The van der Waals surface area contributed by atoms with E-state index in [1.54, 1.807) is 39.2 Å². The third-order valence-corrected chi connectivity index (χ3v) is 7.81. The first-order valence-corrected chi connectivity index (χ1v) is 13.9. The van der Waals surface area contributed by atoms with Crippen molar-refractivity contribution in [2.75, 3.05) is 6.54 Å². The Labute approximate surface area is 234 Å². The van der Waals surface area contributed by atoms with Gasteiger partial charge in [-0.2, -0.15) is 18.3 Å². The largest absolute Gasteiger partial charge is 0.444 e. The molecular weight excluding hydrogens is 551 g/mol. The zero-order valence-electron chi connectivity index (χ0n) is 23.2. The maximum Gasteiger partial charge on any atom is 0.408 e. The highest BCUT2D eigenvalue weighted by Crippen LogP contribution is 2.46. The van der Waals surface area contributed by atoms with Crippen molar-refractivity contribution in [1.29, 1.82) is 0 Å². The lowest BCUT2D eigenvalue weighted by molar-refractivity contribution is -0.138. The van der Waals surface area contributed by atoms with E-state index >= 15 is 0 Å². The summed E-state index contributed by atoms with van der Waals surface area (Å²) in [5.74, 6) is -2.96. The molecular formula is C27H35F5N6O3. The van der Waals surface area contributed by atoms with Crippen molar-refractivity contribution in [3.63, 3.8) is 0 Å². The summed E-state index contributed by atoms with van der Waals surface area (Å²) in [4.78, 5) is 31.5. The third kappa shape index (κ3) is 7.18. The predicted molar refractivity (Wildman–Crippen MR) is 137 cm³/mol. The molecule has 226 valence electrons. The van der Waals surface area contributed by atoms with Gasteiger partial charge in [-0.25, -0.2) is 27.9 Å². The maximum atomic E-state index is 13.9. The number of rotatable bonds is 7. The topological polar surface area (TPSA) is 101 Å². The number of nitrogens with zero attached hydrogens (tertiary/aromatic N) is 4. The number of imidazole rings is 1. The maximum absolute atomic E-state index is 13.9. The van der Waals surface area contributed by atoms with Crippen LogP contribution in [0.25, 0.3) is 5.65 Å². The van der Waals surface area contributed by atoms with E-state index < -0.39 is 54.4 Å². The molecule has 2 aliphatic carbocycles. The number of hydrogen-bond acceptors (Lipinski definition) is 5. The van der Waals surface area contributed by atoms with Gasteiger partial charge in [-0.3, -0.25) is 0 Å². The second-order valence-corrected chi connectivity index (χ2v) is 12.5. The van der Waals surface area contributed by atoms with Gasteiger partial charge in [-0.1, -0.05) is 0 Å². The molecule has 2 aromatic rings. The number of ether oxygens (including phenoxy) is 1. The molecule has 0 unspecified atom stereocenters. The highest BCUT2D eigenvalue weighted by atomic mass is 19.4. The van der Waals surface area contributed by atoms with Crippen molar-refractivity contribution in [3.8, 4) is 0 Å². The van der Waals surface area contributed by atoms with Crippen molar-refractivity contribution in [2.24, 2.45) is 11.8 Å². The summed E-state index contributed by atoms with van der Waals surface area (Å²) in [6.07, 6.45) is -1.54. The minimum Gasteiger partial charge on any atom is -0.444 e. The smallest absolute Gasteiger partial charge is 0.408 e. The number of amides is 3. The molecule has 3 amide bonds. The Balaban J connectivity index is 1.41. The van der Waals surface area contributed by atoms with E-state index in [0.717, 1.165) is 12.8 Å². The Hall–Kier alpha value is -3.19. The molecule has 3 fully saturated rings. The van der Waals surface area contributed by atoms with Gasteiger partial charge in [0, 0.05) is 19.4 Å². The molecule has 2 N–H and O–H groups in total. The number of alkyl halides is 5. The van der Waals surface area contributed by atoms with Gasteiger partial charge in [-0.05, 0) is 69.9 Å². The number of urea groups is 1. The van der Waals surface area contributed by atoms with Gasteiger partial charge in [0.25, 0.3) is 0 Å². The Morgan fingerprint density at radius 3 is 2.46 bits per heavy atom. The van der Waals surface area contributed by atoms with Crippen LogP contribution >= 0.6 is 0 Å². The number of alkyl carbamates (subject to hydrolysis) is 1. The monoisotopic (exact) mass is 586 g/mol. The third-order valence-electron chi connectivity index (χ3n) is 7.81. The quantitative estimate of drug-likeness (QED) is 0.393. The number of aromatic nitrogens is 3. The van der Waals surface area contributed by atoms with Crippen LogP contribution in [-0.2, 0) is 4.74 Å². The molecule has 14 heteroatoms. The minimum atomic E-state index is -4.39. The van der Waals surface area contributed by atoms with Crippen molar-refractivity contribution in [1.82, 2.24) is 30.1 Å². The molecule has 2 saturated carbocycles. The van der Waals surface area contributed by atoms with Gasteiger partial charge in [0.1, 0.15) is 5.60 Å². The van der Waals surface area contributed by atoms with E-state index in [1.165, 1.54) is 9.42 Å². The van der Waals surface area contributed by atoms with E-state index in [0.29, 0.717) is 16.9 Å². The van der Waals surface area contributed by atoms with Gasteiger partial charge < -0.3 is 20.3 Å². The van der Waals surface area contributed by atoms with E-state index in [-0.39, 0.29) is 44.1 Å². The first-order valence-electron chi connectivity index (χ1n) is 13.9. The first-order chi connectivity index (χ1) is 19.1. The van der Waals surface area contributed by atoms with Crippen LogP contribution in [0.5, 0.6) is 0 Å². The Bertz CT molecular complexity index is 1280. The fourth-order valence-corrected chi connectivity index (χ4v) is 5.86. The summed E-state index contributed by atoms with van der Waals surface area (Å²) in [5, 5.41) is 9.72. The van der Waals surface area contributed by atoms with Crippen LogP contribution in [0.2, 0.25) is 0 Å². The van der Waals surface area contributed by atoms with Crippen LogP contribution in [0.15, 0.2) is 18.5 Å². The molecule has 0 radical (unpaired) electrons. The van der Waals surface area contributed by atoms with Crippen molar-refractivity contribution in [2.45, 2.75) is 102 Å². The van der Waals surface area contributed by atoms with E-state index in [9.17, 15) is 31.5 Å². The van der Waals surface area contributed by atoms with E-state index in [1.807, 2.05) is 0 Å². The standard InChI is InChI=1S/C27H35F5N6O3/c1-25(2,3)41-24(40)36-21(15-6-8-26(28,29)9-7-15)19-14-38-20(35-19)10-17(12-33-38)22(16-4-5-16)37-13-18(34-23(37)39)11-27(30,31)32/h10,12,14-16,18,21-22H,4-9,11,13H2,1-3H3,(H,34,39)(H,36,40)/t18-,21-,22+/m0/s1. The van der Waals surface area contributed by atoms with Gasteiger partial charge in [0.2, 0.25) is 5.92 Å². The van der Waals surface area contributed by atoms with Crippen LogP contribution in [0, 0.1) is 11.8 Å². The summed E-state index contributed by atoms with van der Waals surface area (Å²) >= 11 is 0. The molecule has 1 saturated heterocycles. The number of fused-ring (bicyclic) bond motifs is 1. The predicted octanol–water partition coefficient (Wildman–Crippen LogP) is 5.92. The Morgan fingerprint density at radius 2 is 1.85 bits per heavy atom. The zero-order chi connectivity index (χ0) is 29.7. The highest BCUT2D eigenvalue weighted by Gasteiger charge is 2.45. The summed E-state index contributed by atoms with van der Waals surface area (Å²) in [6, 6.07) is -0.986. The Morgan fingerprint density at radius 1 is 1.17 bits per heavy atom. The summed E-state index contributed by atoms with van der Waals surface area (Å²) < 4.78 is 73.7. The molecule has 41 heavy (non-hydrogen) atoms. The fourth-order valence-electron chi connectivity index (χ4n) is 5.86. The second kappa shape index (κ2) is 10.6. The average Bonchev–Trinajstić information content (AvgIpc) is 3.47. The fraction of sp³-hybridized carbons (Fsp3) is 0.704. The van der Waals surface area contributed by atoms with Crippen LogP contribution in [0.4, 0.5) is 31.5 Å². The molecule has 3 heterocycles. The zero-order valence-corrected chi connectivity index (χ0v) is 23.2. The van der Waals surface area contributed by atoms with Crippen LogP contribution < -0.4 is 10.6 Å². The lowest BCUT2D eigenvalue weighted by atomic mass is 9.81. The van der Waals surface area contributed by atoms with E-state index in [4.69, 9.17) is 4.74 Å². The summed E-state index contributed by atoms with van der Waals surface area (Å²) in [7, 11) is 0. The van der Waals surface area contributed by atoms with Gasteiger partial charge >= 0.3 is 18.3 Å². The van der Waals surface area contributed by atoms with Gasteiger partial charge in [0.15, 0.2) is 5.65 Å². The number of nitrogens with one attached hydrogen (secondary N) is 2. The molecule has 1 aliphatic heterocycles. The Kier molecular flexibility index (Phi) is 7.56. The molecule has 0 aromatic carbocycles. The lowest BCUT2D eigenvalue weighted by Crippen LogP contribution is -2.40. The van der Waals surface area contributed by atoms with E-state index in [2.05, 4.69) is 20.7 Å². The number of hydrogen-bond donors (Lipinski definition) is 2. The molecule has 0 bridgehead atoms. The van der Waals surface area contributed by atoms with Crippen molar-refractivity contribution >= 4 is 17.8 Å². The van der Waals surface area contributed by atoms with Gasteiger partial charge in [-0.15, -0.1) is 0 Å². The lowest BCUT2D eigenvalue weighted by Gasteiger charge is -2.33. The number of carbonyl (C=O) groups is 2. The molecule has 2 aromatic heterocycles. The SMILES string of the molecule is CC(C)(C)OC(=O)N[C@H](c1cn2ncc([C@@H](C3CC3)N3C[C@H](CC(F)(F)F)NC3=O)cc2n1)C1CCC(F)(F)CC1. The molecule has 3 atom stereocenters. The van der Waals surface area contributed by atoms with Crippen LogP contribution in [0.3, 0.4) is 0 Å². The van der Waals surface area contributed by atoms with Crippen LogP contribution in [0.1, 0.15) is 89.1 Å².